The van der Waals surface area contributed by atoms with E-state index >= 15 is 0 Å². The molecule has 2 heteroatoms. The van der Waals surface area contributed by atoms with E-state index in [0.717, 1.165) is 12.4 Å². The van der Waals surface area contributed by atoms with Gasteiger partial charge in [0, 0.05) is 5.56 Å². The van der Waals surface area contributed by atoms with E-state index in [1.165, 1.54) is 11.1 Å². The molecule has 0 bridgehead atoms. The Hall–Kier alpha value is -1.02. The molecule has 0 aliphatic carbocycles. The van der Waals surface area contributed by atoms with E-state index in [4.69, 9.17) is 9.47 Å². The minimum Gasteiger partial charge on any atom is -0.496 e. The summed E-state index contributed by atoms with van der Waals surface area (Å²) >= 11 is 0. The summed E-state index contributed by atoms with van der Waals surface area (Å²) in [6, 6.07) is 6.37. The van der Waals surface area contributed by atoms with Crippen LogP contribution in [0.1, 0.15) is 38.0 Å². The van der Waals surface area contributed by atoms with E-state index in [1.54, 1.807) is 7.11 Å². The summed E-state index contributed by atoms with van der Waals surface area (Å²) in [4.78, 5) is 0. The van der Waals surface area contributed by atoms with Crippen LogP contribution in [-0.4, -0.2) is 13.7 Å². The Morgan fingerprint density at radius 3 is 2.47 bits per heavy atom. The fourth-order valence-electron chi connectivity index (χ4n) is 1.68. The van der Waals surface area contributed by atoms with Crippen LogP contribution in [0.25, 0.3) is 0 Å². The number of epoxide rings is 1. The fourth-order valence-corrected chi connectivity index (χ4v) is 1.68. The lowest BCUT2D eigenvalue weighted by Crippen LogP contribution is -2.11. The summed E-state index contributed by atoms with van der Waals surface area (Å²) in [5, 5.41) is 0. The Morgan fingerprint density at radius 2 is 2.00 bits per heavy atom. The highest BCUT2D eigenvalue weighted by Crippen LogP contribution is 2.38. The van der Waals surface area contributed by atoms with Gasteiger partial charge in [-0.1, -0.05) is 26.8 Å². The van der Waals surface area contributed by atoms with Gasteiger partial charge in [0.15, 0.2) is 0 Å². The Bertz CT molecular complexity index is 359. The van der Waals surface area contributed by atoms with Crippen molar-refractivity contribution >= 4 is 0 Å². The molecule has 1 aromatic rings. The summed E-state index contributed by atoms with van der Waals surface area (Å²) in [5.74, 6) is 0.936. The van der Waals surface area contributed by atoms with Crippen molar-refractivity contribution in [2.45, 2.75) is 32.3 Å². The quantitative estimate of drug-likeness (QED) is 0.694. The van der Waals surface area contributed by atoms with Crippen molar-refractivity contribution in [2.75, 3.05) is 13.7 Å². The van der Waals surface area contributed by atoms with Gasteiger partial charge < -0.3 is 9.47 Å². The van der Waals surface area contributed by atoms with Crippen molar-refractivity contribution in [3.05, 3.63) is 29.3 Å². The van der Waals surface area contributed by atoms with Gasteiger partial charge in [0.1, 0.15) is 11.9 Å². The molecule has 1 unspecified atom stereocenters. The molecule has 0 aromatic heterocycles. The van der Waals surface area contributed by atoms with Crippen molar-refractivity contribution < 1.29 is 9.47 Å². The average molecular weight is 206 g/mol. The molecule has 1 heterocycles. The highest BCUT2D eigenvalue weighted by molar-refractivity contribution is 5.42. The predicted octanol–water partition coefficient (Wildman–Crippen LogP) is 3.06. The molecule has 1 aliphatic rings. The summed E-state index contributed by atoms with van der Waals surface area (Å²) < 4.78 is 10.7. The van der Waals surface area contributed by atoms with Gasteiger partial charge >= 0.3 is 0 Å². The Morgan fingerprint density at radius 1 is 1.33 bits per heavy atom. The van der Waals surface area contributed by atoms with E-state index in [2.05, 4.69) is 32.9 Å². The van der Waals surface area contributed by atoms with Crippen LogP contribution >= 0.6 is 0 Å². The van der Waals surface area contributed by atoms with E-state index in [1.807, 2.05) is 6.07 Å². The number of benzene rings is 1. The molecule has 1 aliphatic heterocycles. The van der Waals surface area contributed by atoms with E-state index in [-0.39, 0.29) is 11.5 Å². The highest BCUT2D eigenvalue weighted by Gasteiger charge is 2.29. The Labute approximate surface area is 91.2 Å². The lowest BCUT2D eigenvalue weighted by atomic mass is 9.86. The SMILES string of the molecule is COc1ccc(C(C)(C)C)cc1C1CO1. The van der Waals surface area contributed by atoms with Gasteiger partial charge in [-0.25, -0.2) is 0 Å². The molecule has 0 saturated carbocycles. The van der Waals surface area contributed by atoms with Crippen LogP contribution in [0, 0.1) is 0 Å². The largest absolute Gasteiger partial charge is 0.496 e. The van der Waals surface area contributed by atoms with Crippen LogP contribution in [-0.2, 0) is 10.2 Å². The second kappa shape index (κ2) is 3.53. The zero-order chi connectivity index (χ0) is 11.1. The van der Waals surface area contributed by atoms with Crippen LogP contribution in [0.3, 0.4) is 0 Å². The van der Waals surface area contributed by atoms with Crippen LogP contribution < -0.4 is 4.74 Å². The second-order valence-corrected chi connectivity index (χ2v) is 5.03. The molecular weight excluding hydrogens is 188 g/mol. The zero-order valence-electron chi connectivity index (χ0n) is 9.83. The monoisotopic (exact) mass is 206 g/mol. The van der Waals surface area contributed by atoms with Crippen molar-refractivity contribution in [1.82, 2.24) is 0 Å². The van der Waals surface area contributed by atoms with Gasteiger partial charge in [-0.15, -0.1) is 0 Å². The number of hydrogen-bond donors (Lipinski definition) is 0. The van der Waals surface area contributed by atoms with Gasteiger partial charge in [-0.05, 0) is 23.1 Å². The Kier molecular flexibility index (Phi) is 2.47. The first kappa shape index (κ1) is 10.5. The van der Waals surface area contributed by atoms with Gasteiger partial charge in [-0.3, -0.25) is 0 Å². The average Bonchev–Trinajstić information content (AvgIpc) is 2.98. The topological polar surface area (TPSA) is 21.8 Å². The van der Waals surface area contributed by atoms with Crippen LogP contribution in [0.15, 0.2) is 18.2 Å². The third-order valence-electron chi connectivity index (χ3n) is 2.78. The molecule has 1 fully saturated rings. The minimum absolute atomic E-state index is 0.176. The molecule has 2 nitrogen and oxygen atoms in total. The van der Waals surface area contributed by atoms with E-state index < -0.39 is 0 Å². The molecule has 1 saturated heterocycles. The third-order valence-corrected chi connectivity index (χ3v) is 2.78. The second-order valence-electron chi connectivity index (χ2n) is 5.03. The molecule has 0 radical (unpaired) electrons. The van der Waals surface area contributed by atoms with Crippen LogP contribution in [0.4, 0.5) is 0 Å². The van der Waals surface area contributed by atoms with E-state index in [0.29, 0.717) is 0 Å². The van der Waals surface area contributed by atoms with Gasteiger partial charge in [-0.2, -0.15) is 0 Å². The molecule has 1 atom stereocenters. The van der Waals surface area contributed by atoms with Gasteiger partial charge in [0.05, 0.1) is 13.7 Å². The summed E-state index contributed by atoms with van der Waals surface area (Å²) in [6.45, 7) is 7.47. The number of methoxy groups -OCH3 is 1. The first-order valence-electron chi connectivity index (χ1n) is 5.32. The number of rotatable bonds is 2. The standard InChI is InChI=1S/C13H18O2/c1-13(2,3)9-5-6-11(14-4)10(7-9)12-8-15-12/h5-7,12H,8H2,1-4H3. The van der Waals surface area contributed by atoms with Crippen molar-refractivity contribution in [1.29, 1.82) is 0 Å². The molecule has 82 valence electrons. The molecule has 2 rings (SSSR count). The lowest BCUT2D eigenvalue weighted by Gasteiger charge is -2.20. The van der Waals surface area contributed by atoms with Crippen LogP contribution in [0.5, 0.6) is 5.75 Å². The third kappa shape index (κ3) is 2.15. The van der Waals surface area contributed by atoms with Crippen molar-refractivity contribution in [2.24, 2.45) is 0 Å². The maximum atomic E-state index is 5.33. The summed E-state index contributed by atoms with van der Waals surface area (Å²) in [6.07, 6.45) is 0.252. The maximum absolute atomic E-state index is 5.33. The summed E-state index contributed by atoms with van der Waals surface area (Å²) in [7, 11) is 1.71. The summed E-state index contributed by atoms with van der Waals surface area (Å²) in [5.41, 5.74) is 2.69. The smallest absolute Gasteiger partial charge is 0.124 e. The minimum atomic E-state index is 0.176. The maximum Gasteiger partial charge on any atom is 0.124 e. The first-order valence-corrected chi connectivity index (χ1v) is 5.32. The zero-order valence-corrected chi connectivity index (χ0v) is 9.83. The van der Waals surface area contributed by atoms with Gasteiger partial charge in [0.25, 0.3) is 0 Å². The highest BCUT2D eigenvalue weighted by atomic mass is 16.6. The molecule has 0 spiro atoms. The first-order chi connectivity index (χ1) is 7.02. The molecule has 0 amide bonds. The predicted molar refractivity (Wildman–Crippen MR) is 60.4 cm³/mol. The van der Waals surface area contributed by atoms with Gasteiger partial charge in [0.2, 0.25) is 0 Å². The van der Waals surface area contributed by atoms with Crippen molar-refractivity contribution in [3.63, 3.8) is 0 Å². The molecule has 0 N–H and O–H groups in total. The molecule has 15 heavy (non-hydrogen) atoms. The Balaban J connectivity index is 2.40. The normalized spacial score (nSPS) is 20.1. The van der Waals surface area contributed by atoms with E-state index in [9.17, 15) is 0 Å². The molecular formula is C13H18O2. The van der Waals surface area contributed by atoms with Crippen molar-refractivity contribution in [3.8, 4) is 5.75 Å². The number of ether oxygens (including phenoxy) is 2. The van der Waals surface area contributed by atoms with Crippen LogP contribution in [0.2, 0.25) is 0 Å². The fraction of sp³-hybridized carbons (Fsp3) is 0.538. The molecule has 1 aromatic carbocycles. The number of hydrogen-bond acceptors (Lipinski definition) is 2. The lowest BCUT2D eigenvalue weighted by molar-refractivity contribution is 0.382.